The average molecular weight is 379 g/mol. The Morgan fingerprint density at radius 3 is 2.32 bits per heavy atom. The fourth-order valence-electron chi connectivity index (χ4n) is 2.81. The van der Waals surface area contributed by atoms with Crippen molar-refractivity contribution in [2.24, 2.45) is 0 Å². The number of ether oxygens (including phenoxy) is 2. The van der Waals surface area contributed by atoms with Crippen molar-refractivity contribution in [3.8, 4) is 22.8 Å². The number of benzene rings is 2. The highest BCUT2D eigenvalue weighted by Gasteiger charge is 2.17. The molecule has 0 spiro atoms. The summed E-state index contributed by atoms with van der Waals surface area (Å²) in [7, 11) is 2.98. The van der Waals surface area contributed by atoms with Gasteiger partial charge in [-0.15, -0.1) is 0 Å². The van der Waals surface area contributed by atoms with Crippen LogP contribution in [0.2, 0.25) is 0 Å². The van der Waals surface area contributed by atoms with Crippen LogP contribution in [0.5, 0.6) is 11.5 Å². The van der Waals surface area contributed by atoms with E-state index in [9.17, 15) is 9.59 Å². The number of hydrogen-bond donors (Lipinski definition) is 1. The van der Waals surface area contributed by atoms with Gasteiger partial charge in [0.25, 0.3) is 11.5 Å². The van der Waals surface area contributed by atoms with Gasteiger partial charge in [0.2, 0.25) is 0 Å². The van der Waals surface area contributed by atoms with Crippen molar-refractivity contribution < 1.29 is 14.3 Å². The van der Waals surface area contributed by atoms with Crippen LogP contribution in [0.1, 0.15) is 10.4 Å². The maximum atomic E-state index is 12.5. The summed E-state index contributed by atoms with van der Waals surface area (Å²) in [4.78, 5) is 29.2. The van der Waals surface area contributed by atoms with Crippen molar-refractivity contribution in [1.29, 1.82) is 0 Å². The van der Waals surface area contributed by atoms with Crippen molar-refractivity contribution in [3.05, 3.63) is 76.8 Å². The molecule has 28 heavy (non-hydrogen) atoms. The fraction of sp³-hybridized carbons (Fsp3) is 0.190. The third-order valence-electron chi connectivity index (χ3n) is 4.24. The zero-order valence-corrected chi connectivity index (χ0v) is 15.7. The number of amides is 1. The molecule has 2 aromatic carbocycles. The van der Waals surface area contributed by atoms with E-state index in [4.69, 9.17) is 9.47 Å². The number of hydrogen-bond acceptors (Lipinski definition) is 5. The molecule has 0 bridgehead atoms. The quantitative estimate of drug-likeness (QED) is 0.681. The number of methoxy groups -OCH3 is 2. The normalized spacial score (nSPS) is 10.4. The van der Waals surface area contributed by atoms with Crippen molar-refractivity contribution in [1.82, 2.24) is 14.9 Å². The first-order valence-electron chi connectivity index (χ1n) is 8.75. The van der Waals surface area contributed by atoms with Gasteiger partial charge in [-0.1, -0.05) is 36.4 Å². The van der Waals surface area contributed by atoms with Crippen LogP contribution in [0, 0.1) is 0 Å². The first-order valence-corrected chi connectivity index (χ1v) is 8.75. The van der Waals surface area contributed by atoms with E-state index in [0.717, 1.165) is 5.56 Å². The topological polar surface area (TPSA) is 82.4 Å². The molecular formula is C21H21N3O4. The molecule has 0 radical (unpaired) electrons. The van der Waals surface area contributed by atoms with Crippen molar-refractivity contribution >= 4 is 5.91 Å². The maximum absolute atomic E-state index is 12.5. The minimum atomic E-state index is -0.337. The van der Waals surface area contributed by atoms with Gasteiger partial charge in [-0.2, -0.15) is 0 Å². The van der Waals surface area contributed by atoms with Gasteiger partial charge in [-0.05, 0) is 12.1 Å². The van der Waals surface area contributed by atoms with Gasteiger partial charge >= 0.3 is 0 Å². The summed E-state index contributed by atoms with van der Waals surface area (Å²) in [5.41, 5.74) is 1.63. The monoisotopic (exact) mass is 379 g/mol. The Bertz CT molecular complexity index is 993. The van der Waals surface area contributed by atoms with Gasteiger partial charge < -0.3 is 14.8 Å². The molecule has 0 fully saturated rings. The molecule has 0 saturated heterocycles. The minimum Gasteiger partial charge on any atom is -0.496 e. The van der Waals surface area contributed by atoms with E-state index >= 15 is 0 Å². The van der Waals surface area contributed by atoms with Gasteiger partial charge in [0, 0.05) is 24.7 Å². The SMILES string of the molecule is COc1cccc(OC)c1C(=O)NCCn1cnc(-c2ccccc2)cc1=O. The van der Waals surface area contributed by atoms with Gasteiger partial charge in [0.1, 0.15) is 17.1 Å². The lowest BCUT2D eigenvalue weighted by Crippen LogP contribution is -2.31. The number of carbonyl (C=O) groups excluding carboxylic acids is 1. The zero-order valence-electron chi connectivity index (χ0n) is 15.7. The van der Waals surface area contributed by atoms with Gasteiger partial charge in [0.15, 0.2) is 0 Å². The standard InChI is InChI=1S/C21H21N3O4/c1-27-17-9-6-10-18(28-2)20(17)21(26)22-11-12-24-14-23-16(13-19(24)25)15-7-4-3-5-8-15/h3-10,13-14H,11-12H2,1-2H3,(H,22,26). The van der Waals surface area contributed by atoms with E-state index in [1.807, 2.05) is 30.3 Å². The first-order chi connectivity index (χ1) is 13.6. The highest BCUT2D eigenvalue weighted by Crippen LogP contribution is 2.27. The molecule has 7 nitrogen and oxygen atoms in total. The van der Waals surface area contributed by atoms with Crippen LogP contribution in [-0.4, -0.2) is 36.2 Å². The summed E-state index contributed by atoms with van der Waals surface area (Å²) in [5, 5.41) is 2.78. The van der Waals surface area contributed by atoms with Gasteiger partial charge in [-0.25, -0.2) is 4.98 Å². The van der Waals surface area contributed by atoms with Crippen LogP contribution in [0.15, 0.2) is 65.7 Å². The molecule has 1 aromatic heterocycles. The number of carbonyl (C=O) groups is 1. The molecule has 1 heterocycles. The third kappa shape index (κ3) is 4.20. The first kappa shape index (κ1) is 19.2. The van der Waals surface area contributed by atoms with Crippen LogP contribution in [-0.2, 0) is 6.54 Å². The molecule has 144 valence electrons. The van der Waals surface area contributed by atoms with E-state index in [0.29, 0.717) is 29.3 Å². The zero-order chi connectivity index (χ0) is 19.9. The largest absolute Gasteiger partial charge is 0.496 e. The minimum absolute atomic E-state index is 0.182. The lowest BCUT2D eigenvalue weighted by Gasteiger charge is -2.13. The summed E-state index contributed by atoms with van der Waals surface area (Å²) in [6, 6.07) is 16.1. The van der Waals surface area contributed by atoms with E-state index in [1.165, 1.54) is 31.2 Å². The predicted molar refractivity (Wildman–Crippen MR) is 106 cm³/mol. The van der Waals surface area contributed by atoms with E-state index < -0.39 is 0 Å². The van der Waals surface area contributed by atoms with Gasteiger partial charge in [0.05, 0.1) is 26.2 Å². The number of nitrogens with zero attached hydrogens (tertiary/aromatic N) is 2. The molecule has 0 aliphatic carbocycles. The second-order valence-corrected chi connectivity index (χ2v) is 5.97. The Hall–Kier alpha value is -3.61. The van der Waals surface area contributed by atoms with E-state index in [1.54, 1.807) is 18.2 Å². The second kappa shape index (κ2) is 8.85. The Labute approximate surface area is 162 Å². The molecule has 0 aliphatic heterocycles. The highest BCUT2D eigenvalue weighted by atomic mass is 16.5. The Morgan fingerprint density at radius 1 is 1.04 bits per heavy atom. The number of aromatic nitrogens is 2. The molecule has 3 rings (SSSR count). The molecule has 0 saturated carbocycles. The Balaban J connectivity index is 1.67. The number of nitrogens with one attached hydrogen (secondary N) is 1. The average Bonchev–Trinajstić information content (AvgIpc) is 2.74. The van der Waals surface area contributed by atoms with Crippen LogP contribution < -0.4 is 20.3 Å². The molecular weight excluding hydrogens is 358 g/mol. The van der Waals surface area contributed by atoms with Gasteiger partial charge in [-0.3, -0.25) is 14.2 Å². The third-order valence-corrected chi connectivity index (χ3v) is 4.24. The molecule has 1 amide bonds. The smallest absolute Gasteiger partial charge is 0.258 e. The lowest BCUT2D eigenvalue weighted by atomic mass is 10.1. The summed E-state index contributed by atoms with van der Waals surface area (Å²) in [6.45, 7) is 0.552. The lowest BCUT2D eigenvalue weighted by molar-refractivity contribution is 0.0946. The summed E-state index contributed by atoms with van der Waals surface area (Å²) in [6.07, 6.45) is 1.49. The Kier molecular flexibility index (Phi) is 6.06. The maximum Gasteiger partial charge on any atom is 0.258 e. The Morgan fingerprint density at radius 2 is 1.71 bits per heavy atom. The second-order valence-electron chi connectivity index (χ2n) is 5.97. The van der Waals surface area contributed by atoms with Crippen molar-refractivity contribution in [2.45, 2.75) is 6.54 Å². The molecule has 3 aromatic rings. The summed E-state index contributed by atoms with van der Waals surface area (Å²) in [5.74, 6) is 0.502. The molecule has 1 N–H and O–H groups in total. The molecule has 0 atom stereocenters. The fourth-order valence-corrected chi connectivity index (χ4v) is 2.81. The van der Waals surface area contributed by atoms with Crippen LogP contribution in [0.4, 0.5) is 0 Å². The van der Waals surface area contributed by atoms with Crippen molar-refractivity contribution in [3.63, 3.8) is 0 Å². The van der Waals surface area contributed by atoms with Crippen LogP contribution in [0.3, 0.4) is 0 Å². The van der Waals surface area contributed by atoms with Crippen LogP contribution in [0.25, 0.3) is 11.3 Å². The van der Waals surface area contributed by atoms with Crippen molar-refractivity contribution in [2.75, 3.05) is 20.8 Å². The van der Waals surface area contributed by atoms with E-state index in [2.05, 4.69) is 10.3 Å². The summed E-state index contributed by atoms with van der Waals surface area (Å²) >= 11 is 0. The molecule has 0 aliphatic rings. The molecule has 7 heteroatoms. The number of rotatable bonds is 7. The van der Waals surface area contributed by atoms with E-state index in [-0.39, 0.29) is 18.0 Å². The predicted octanol–water partition coefficient (Wildman–Crippen LogP) is 2.36. The molecule has 0 unspecified atom stereocenters. The summed E-state index contributed by atoms with van der Waals surface area (Å²) < 4.78 is 11.9. The highest BCUT2D eigenvalue weighted by molar-refractivity contribution is 5.99. The van der Waals surface area contributed by atoms with Crippen LogP contribution >= 0.6 is 0 Å².